The van der Waals surface area contributed by atoms with Crippen LogP contribution in [0.1, 0.15) is 12.8 Å². The van der Waals surface area contributed by atoms with Gasteiger partial charge in [-0.3, -0.25) is 14.4 Å². The molecule has 0 aliphatic rings. The number of hydrogen-bond acceptors (Lipinski definition) is 7. The van der Waals surface area contributed by atoms with Crippen molar-refractivity contribution in [1.82, 2.24) is 10.6 Å². The van der Waals surface area contributed by atoms with Crippen LogP contribution < -0.4 is 22.1 Å². The van der Waals surface area contributed by atoms with Gasteiger partial charge in [0.2, 0.25) is 17.7 Å². The Bertz CT molecular complexity index is 449. The number of carbonyl (C=O) groups is 4. The lowest BCUT2D eigenvalue weighted by Gasteiger charge is -2.22. The van der Waals surface area contributed by atoms with Crippen molar-refractivity contribution in [3.63, 3.8) is 0 Å². The molecule has 0 rings (SSSR count). The molecule has 0 saturated heterocycles. The summed E-state index contributed by atoms with van der Waals surface area (Å²) in [6, 6.07) is -3.30. The number of primary amides is 1. The molecule has 0 radical (unpaired) electrons. The molecule has 0 heterocycles. The second kappa shape index (κ2) is 11.1. The first-order valence-corrected chi connectivity index (χ1v) is 8.72. The van der Waals surface area contributed by atoms with Crippen molar-refractivity contribution in [1.29, 1.82) is 0 Å². The molecular formula is C12H22N4O5S2. The molecule has 132 valence electrons. The Labute approximate surface area is 143 Å². The van der Waals surface area contributed by atoms with Crippen molar-refractivity contribution in [3.8, 4) is 0 Å². The predicted octanol–water partition coefficient (Wildman–Crippen LogP) is -2.07. The number of nitrogens with one attached hydrogen (secondary N) is 2. The van der Waals surface area contributed by atoms with Gasteiger partial charge in [-0.05, 0) is 18.4 Å². The summed E-state index contributed by atoms with van der Waals surface area (Å²) in [5.41, 5.74) is 10.5. The summed E-state index contributed by atoms with van der Waals surface area (Å²) in [4.78, 5) is 45.9. The zero-order valence-electron chi connectivity index (χ0n) is 12.7. The monoisotopic (exact) mass is 366 g/mol. The third kappa shape index (κ3) is 8.67. The van der Waals surface area contributed by atoms with E-state index in [1.807, 2.05) is 6.26 Å². The average molecular weight is 366 g/mol. The third-order valence-electron chi connectivity index (χ3n) is 2.80. The van der Waals surface area contributed by atoms with Crippen LogP contribution in [0.3, 0.4) is 0 Å². The van der Waals surface area contributed by atoms with Gasteiger partial charge in [0.25, 0.3) is 0 Å². The van der Waals surface area contributed by atoms with E-state index in [9.17, 15) is 19.2 Å². The van der Waals surface area contributed by atoms with Gasteiger partial charge in [0.15, 0.2) is 0 Å². The number of hydrogen-bond donors (Lipinski definition) is 6. The van der Waals surface area contributed by atoms with Crippen molar-refractivity contribution in [2.24, 2.45) is 11.5 Å². The molecule has 3 amide bonds. The maximum atomic E-state index is 12.2. The number of carboxylic acid groups (broad SMARTS) is 1. The maximum Gasteiger partial charge on any atom is 0.326 e. The first kappa shape index (κ1) is 21.5. The fraction of sp³-hybridized carbons (Fsp3) is 0.667. The second-order valence-corrected chi connectivity index (χ2v) is 6.05. The lowest BCUT2D eigenvalue weighted by atomic mass is 10.1. The molecule has 0 aromatic rings. The molecule has 0 saturated carbocycles. The van der Waals surface area contributed by atoms with Crippen LogP contribution in [0.25, 0.3) is 0 Å². The van der Waals surface area contributed by atoms with Gasteiger partial charge in [-0.25, -0.2) is 4.79 Å². The van der Waals surface area contributed by atoms with Crippen LogP contribution in [0.4, 0.5) is 0 Å². The molecule has 0 aromatic carbocycles. The van der Waals surface area contributed by atoms with E-state index in [0.29, 0.717) is 5.75 Å². The summed E-state index contributed by atoms with van der Waals surface area (Å²) >= 11 is 5.36. The molecule has 11 heteroatoms. The molecule has 3 unspecified atom stereocenters. The van der Waals surface area contributed by atoms with E-state index in [1.165, 1.54) is 11.8 Å². The quantitative estimate of drug-likeness (QED) is 0.228. The Hall–Kier alpha value is -1.46. The van der Waals surface area contributed by atoms with E-state index < -0.39 is 48.2 Å². The summed E-state index contributed by atoms with van der Waals surface area (Å²) in [5.74, 6) is -2.88. The fourth-order valence-corrected chi connectivity index (χ4v) is 2.18. The van der Waals surface area contributed by atoms with Crippen LogP contribution in [0.5, 0.6) is 0 Å². The number of carbonyl (C=O) groups excluding carboxylic acids is 3. The Morgan fingerprint density at radius 1 is 1.17 bits per heavy atom. The average Bonchev–Trinajstić information content (AvgIpc) is 2.48. The van der Waals surface area contributed by atoms with Crippen molar-refractivity contribution in [3.05, 3.63) is 0 Å². The van der Waals surface area contributed by atoms with E-state index >= 15 is 0 Å². The standard InChI is InChI=1S/C12H22N4O5S2/c1-23-3-2-7(15-10(18)6(13)5-22)11(19)16-8(12(20)21)4-9(14)17/h6-8,22H,2-5,13H2,1H3,(H2,14,17)(H,15,18)(H,16,19)(H,20,21). The van der Waals surface area contributed by atoms with Crippen molar-refractivity contribution >= 4 is 48.1 Å². The molecule has 0 spiro atoms. The van der Waals surface area contributed by atoms with Crippen LogP contribution in [-0.2, 0) is 19.2 Å². The molecule has 0 aromatic heterocycles. The number of nitrogens with two attached hydrogens (primary N) is 2. The summed E-state index contributed by atoms with van der Waals surface area (Å²) in [6.45, 7) is 0. The minimum absolute atomic E-state index is 0.0993. The van der Waals surface area contributed by atoms with Gasteiger partial charge in [0, 0.05) is 5.75 Å². The Morgan fingerprint density at radius 3 is 2.17 bits per heavy atom. The molecule has 9 nitrogen and oxygen atoms in total. The van der Waals surface area contributed by atoms with Crippen molar-refractivity contribution < 1.29 is 24.3 Å². The molecule has 0 bridgehead atoms. The molecule has 23 heavy (non-hydrogen) atoms. The van der Waals surface area contributed by atoms with Gasteiger partial charge in [0.05, 0.1) is 12.5 Å². The first-order chi connectivity index (χ1) is 10.7. The molecule has 0 aliphatic carbocycles. The number of thiol groups is 1. The Kier molecular flexibility index (Phi) is 10.4. The fourth-order valence-electron chi connectivity index (χ4n) is 1.54. The summed E-state index contributed by atoms with van der Waals surface area (Å²) < 4.78 is 0. The minimum atomic E-state index is -1.45. The van der Waals surface area contributed by atoms with Gasteiger partial charge in [-0.1, -0.05) is 0 Å². The Balaban J connectivity index is 4.93. The SMILES string of the molecule is CSCCC(NC(=O)C(N)CS)C(=O)NC(CC(N)=O)C(=O)O. The largest absolute Gasteiger partial charge is 0.480 e. The van der Waals surface area contributed by atoms with Crippen LogP contribution in [0, 0.1) is 0 Å². The second-order valence-electron chi connectivity index (χ2n) is 4.70. The van der Waals surface area contributed by atoms with Gasteiger partial charge >= 0.3 is 5.97 Å². The number of thioether (sulfide) groups is 1. The summed E-state index contributed by atoms with van der Waals surface area (Å²) in [5, 5.41) is 13.6. The lowest BCUT2D eigenvalue weighted by Crippen LogP contribution is -2.55. The maximum absolute atomic E-state index is 12.2. The van der Waals surface area contributed by atoms with Crippen molar-refractivity contribution in [2.45, 2.75) is 31.0 Å². The van der Waals surface area contributed by atoms with Crippen LogP contribution in [-0.4, -0.2) is 64.7 Å². The first-order valence-electron chi connectivity index (χ1n) is 6.70. The Morgan fingerprint density at radius 2 is 1.74 bits per heavy atom. The summed E-state index contributed by atoms with van der Waals surface area (Å²) in [7, 11) is 0. The highest BCUT2D eigenvalue weighted by molar-refractivity contribution is 7.98. The van der Waals surface area contributed by atoms with E-state index in [0.717, 1.165) is 0 Å². The highest BCUT2D eigenvalue weighted by atomic mass is 32.2. The highest BCUT2D eigenvalue weighted by Crippen LogP contribution is 2.03. The van der Waals surface area contributed by atoms with Crippen LogP contribution in [0.15, 0.2) is 0 Å². The van der Waals surface area contributed by atoms with Gasteiger partial charge in [-0.15, -0.1) is 0 Å². The molecule has 7 N–H and O–H groups in total. The molecule has 0 fully saturated rings. The van der Waals surface area contributed by atoms with E-state index in [1.54, 1.807) is 0 Å². The topological polar surface area (TPSA) is 165 Å². The molecule has 0 aliphatic heterocycles. The predicted molar refractivity (Wildman–Crippen MR) is 90.1 cm³/mol. The minimum Gasteiger partial charge on any atom is -0.480 e. The van der Waals surface area contributed by atoms with Gasteiger partial charge < -0.3 is 27.2 Å². The zero-order valence-corrected chi connectivity index (χ0v) is 14.4. The third-order valence-corrected chi connectivity index (χ3v) is 3.83. The van der Waals surface area contributed by atoms with E-state index in [2.05, 4.69) is 23.3 Å². The van der Waals surface area contributed by atoms with Crippen molar-refractivity contribution in [2.75, 3.05) is 17.8 Å². The smallest absolute Gasteiger partial charge is 0.326 e. The van der Waals surface area contributed by atoms with E-state index in [-0.39, 0.29) is 12.2 Å². The normalized spacial score (nSPS) is 14.4. The van der Waals surface area contributed by atoms with Crippen LogP contribution >= 0.6 is 24.4 Å². The summed E-state index contributed by atoms with van der Waals surface area (Å²) in [6.07, 6.45) is 1.56. The van der Waals surface area contributed by atoms with Gasteiger partial charge in [-0.2, -0.15) is 24.4 Å². The van der Waals surface area contributed by atoms with E-state index in [4.69, 9.17) is 16.6 Å². The van der Waals surface area contributed by atoms with Gasteiger partial charge in [0.1, 0.15) is 12.1 Å². The number of amides is 3. The number of carboxylic acids is 1. The number of rotatable bonds is 11. The molecule has 3 atom stereocenters. The molecular weight excluding hydrogens is 344 g/mol. The highest BCUT2D eigenvalue weighted by Gasteiger charge is 2.28. The number of aliphatic carboxylic acids is 1. The lowest BCUT2D eigenvalue weighted by molar-refractivity contribution is -0.143. The van der Waals surface area contributed by atoms with Crippen LogP contribution in [0.2, 0.25) is 0 Å². The zero-order chi connectivity index (χ0) is 18.0.